The number of aromatic amines is 1. The Labute approximate surface area is 187 Å². The lowest BCUT2D eigenvalue weighted by atomic mass is 9.78. The van der Waals surface area contributed by atoms with Gasteiger partial charge in [0.1, 0.15) is 5.82 Å². The molecule has 1 amide bonds. The number of carboxylic acid groups (broad SMARTS) is 1. The third-order valence-electron chi connectivity index (χ3n) is 7.08. The van der Waals surface area contributed by atoms with Crippen LogP contribution in [0.15, 0.2) is 42.5 Å². The first-order valence-electron chi connectivity index (χ1n) is 11.1. The van der Waals surface area contributed by atoms with Crippen molar-refractivity contribution in [2.45, 2.75) is 57.8 Å². The van der Waals surface area contributed by atoms with Gasteiger partial charge < -0.3 is 19.4 Å². The van der Waals surface area contributed by atoms with Gasteiger partial charge in [0, 0.05) is 6.54 Å². The molecule has 2 N–H and O–H groups in total. The van der Waals surface area contributed by atoms with Crippen LogP contribution in [0.25, 0.3) is 22.2 Å². The largest absolute Gasteiger partial charge is 0.494 e. The van der Waals surface area contributed by atoms with Gasteiger partial charge in [0.2, 0.25) is 0 Å². The lowest BCUT2D eigenvalue weighted by Gasteiger charge is -2.32. The van der Waals surface area contributed by atoms with Crippen LogP contribution in [0.3, 0.4) is 0 Å². The predicted molar refractivity (Wildman–Crippen MR) is 124 cm³/mol. The van der Waals surface area contributed by atoms with Gasteiger partial charge in [0.25, 0.3) is 0 Å². The first-order chi connectivity index (χ1) is 15.1. The molecule has 166 valence electrons. The fourth-order valence-electron chi connectivity index (χ4n) is 4.45. The number of rotatable bonds is 3. The molecule has 1 atom stereocenters. The van der Waals surface area contributed by atoms with E-state index in [1.54, 1.807) is 0 Å². The summed E-state index contributed by atoms with van der Waals surface area (Å²) in [4.78, 5) is 21.0. The van der Waals surface area contributed by atoms with Crippen molar-refractivity contribution in [1.82, 2.24) is 14.9 Å². The average Bonchev–Trinajstić information content (AvgIpc) is 3.43. The van der Waals surface area contributed by atoms with Crippen molar-refractivity contribution in [1.29, 1.82) is 0 Å². The fraction of sp³-hybridized carbons (Fsp3) is 0.417. The summed E-state index contributed by atoms with van der Waals surface area (Å²) >= 11 is 0. The molecule has 0 saturated carbocycles. The summed E-state index contributed by atoms with van der Waals surface area (Å²) in [6.45, 7) is 8.76. The topological polar surface area (TPSA) is 87.7 Å². The maximum absolute atomic E-state index is 11.5. The third-order valence-corrected chi connectivity index (χ3v) is 7.08. The van der Waals surface area contributed by atoms with Crippen molar-refractivity contribution >= 4 is 29.7 Å². The van der Waals surface area contributed by atoms with Gasteiger partial charge in [0.15, 0.2) is 0 Å². The van der Waals surface area contributed by atoms with Crippen molar-refractivity contribution in [3.05, 3.63) is 48.3 Å². The standard InChI is InChI=1S/C24H28BN3O4/c1-23(2)24(3,4)32-25(31-23)17-10-7-15(8-11-17)16-9-12-18-19(14-16)27-21(26-18)20-6-5-13-28(20)22(29)30/h7-12,14,20H,5-6,13H2,1-4H3,(H,26,27)(H,29,30)/t20-/m0/s1. The molecular weight excluding hydrogens is 405 g/mol. The van der Waals surface area contributed by atoms with E-state index in [2.05, 4.69) is 50.9 Å². The number of benzene rings is 2. The molecule has 0 bridgehead atoms. The second kappa shape index (κ2) is 7.35. The number of aromatic nitrogens is 2. The normalized spacial score (nSPS) is 22.1. The summed E-state index contributed by atoms with van der Waals surface area (Å²) in [6.07, 6.45) is 0.754. The average molecular weight is 433 g/mol. The van der Waals surface area contributed by atoms with Crippen LogP contribution < -0.4 is 5.46 Å². The summed E-state index contributed by atoms with van der Waals surface area (Å²) in [5.41, 5.74) is 4.13. The molecule has 2 saturated heterocycles. The van der Waals surface area contributed by atoms with Gasteiger partial charge in [0.05, 0.1) is 28.3 Å². The molecule has 32 heavy (non-hydrogen) atoms. The van der Waals surface area contributed by atoms with Crippen LogP contribution in [0.1, 0.15) is 52.4 Å². The lowest BCUT2D eigenvalue weighted by Crippen LogP contribution is -2.41. The highest BCUT2D eigenvalue weighted by atomic mass is 16.7. The van der Waals surface area contributed by atoms with Gasteiger partial charge in [-0.25, -0.2) is 9.78 Å². The molecule has 1 aromatic heterocycles. The zero-order chi connectivity index (χ0) is 22.7. The lowest BCUT2D eigenvalue weighted by molar-refractivity contribution is 0.00578. The number of amides is 1. The number of carbonyl (C=O) groups is 1. The molecule has 2 fully saturated rings. The van der Waals surface area contributed by atoms with Crippen LogP contribution in [0.4, 0.5) is 4.79 Å². The van der Waals surface area contributed by atoms with Gasteiger partial charge in [-0.05, 0) is 69.3 Å². The number of hydrogen-bond acceptors (Lipinski definition) is 4. The molecule has 2 aliphatic heterocycles. The van der Waals surface area contributed by atoms with Crippen LogP contribution >= 0.6 is 0 Å². The highest BCUT2D eigenvalue weighted by Gasteiger charge is 2.51. The number of fused-ring (bicyclic) bond motifs is 1. The smallest absolute Gasteiger partial charge is 0.465 e. The van der Waals surface area contributed by atoms with E-state index in [9.17, 15) is 9.90 Å². The van der Waals surface area contributed by atoms with E-state index in [0.29, 0.717) is 12.4 Å². The number of H-pyrrole nitrogens is 1. The Morgan fingerprint density at radius 2 is 1.75 bits per heavy atom. The second-order valence-corrected chi connectivity index (χ2v) is 9.70. The fourth-order valence-corrected chi connectivity index (χ4v) is 4.45. The molecule has 2 aliphatic rings. The van der Waals surface area contributed by atoms with Crippen LogP contribution in [-0.4, -0.2) is 50.9 Å². The first kappa shape index (κ1) is 21.0. The predicted octanol–water partition coefficient (Wildman–Crippen LogP) is 4.34. The van der Waals surface area contributed by atoms with Crippen LogP contribution in [0, 0.1) is 0 Å². The highest BCUT2D eigenvalue weighted by Crippen LogP contribution is 2.37. The molecule has 3 heterocycles. The Morgan fingerprint density at radius 3 is 2.41 bits per heavy atom. The summed E-state index contributed by atoms with van der Waals surface area (Å²) in [5.74, 6) is 0.716. The van der Waals surface area contributed by atoms with Crippen LogP contribution in [0.5, 0.6) is 0 Å². The zero-order valence-corrected chi connectivity index (χ0v) is 18.9. The number of hydrogen-bond donors (Lipinski definition) is 2. The van der Waals surface area contributed by atoms with Crippen molar-refractivity contribution in [2.75, 3.05) is 6.54 Å². The Kier molecular flexibility index (Phi) is 4.83. The minimum absolute atomic E-state index is 0.206. The maximum atomic E-state index is 11.5. The number of imidazole rings is 1. The van der Waals surface area contributed by atoms with E-state index >= 15 is 0 Å². The van der Waals surface area contributed by atoms with Crippen molar-refractivity contribution in [2.24, 2.45) is 0 Å². The van der Waals surface area contributed by atoms with Crippen LogP contribution in [0.2, 0.25) is 0 Å². The number of likely N-dealkylation sites (tertiary alicyclic amines) is 1. The van der Waals surface area contributed by atoms with E-state index in [0.717, 1.165) is 40.5 Å². The SMILES string of the molecule is CC1(C)OB(c2ccc(-c3ccc4[nH]c([C@@H]5CCCN5C(=O)O)nc4c3)cc2)OC1(C)C. The zero-order valence-electron chi connectivity index (χ0n) is 18.9. The van der Waals surface area contributed by atoms with E-state index in [-0.39, 0.29) is 24.4 Å². The minimum Gasteiger partial charge on any atom is -0.465 e. The third kappa shape index (κ3) is 3.47. The molecule has 8 heteroatoms. The van der Waals surface area contributed by atoms with Gasteiger partial charge in [-0.2, -0.15) is 0 Å². The molecule has 3 aromatic rings. The molecule has 5 rings (SSSR count). The van der Waals surface area contributed by atoms with Crippen molar-refractivity contribution in [3.63, 3.8) is 0 Å². The Balaban J connectivity index is 1.39. The first-order valence-corrected chi connectivity index (χ1v) is 11.1. The minimum atomic E-state index is -0.893. The van der Waals surface area contributed by atoms with E-state index < -0.39 is 6.09 Å². The number of nitrogens with one attached hydrogen (secondary N) is 1. The van der Waals surface area contributed by atoms with E-state index in [4.69, 9.17) is 14.3 Å². The highest BCUT2D eigenvalue weighted by molar-refractivity contribution is 6.62. The van der Waals surface area contributed by atoms with E-state index in [1.165, 1.54) is 4.90 Å². The Bertz CT molecular complexity index is 1160. The molecule has 0 unspecified atom stereocenters. The van der Waals surface area contributed by atoms with Crippen molar-refractivity contribution in [3.8, 4) is 11.1 Å². The molecule has 0 radical (unpaired) electrons. The van der Waals surface area contributed by atoms with Crippen LogP contribution in [-0.2, 0) is 9.31 Å². The molecule has 2 aromatic carbocycles. The maximum Gasteiger partial charge on any atom is 0.494 e. The summed E-state index contributed by atoms with van der Waals surface area (Å²) < 4.78 is 12.3. The van der Waals surface area contributed by atoms with Gasteiger partial charge in [-0.15, -0.1) is 0 Å². The van der Waals surface area contributed by atoms with Gasteiger partial charge >= 0.3 is 13.2 Å². The molecule has 7 nitrogen and oxygen atoms in total. The summed E-state index contributed by atoms with van der Waals surface area (Å²) in [7, 11) is -0.381. The molecule has 0 spiro atoms. The monoisotopic (exact) mass is 433 g/mol. The quantitative estimate of drug-likeness (QED) is 0.600. The Morgan fingerprint density at radius 1 is 1.09 bits per heavy atom. The second-order valence-electron chi connectivity index (χ2n) is 9.70. The summed E-state index contributed by atoms with van der Waals surface area (Å²) in [5, 5.41) is 9.44. The van der Waals surface area contributed by atoms with Gasteiger partial charge in [-0.1, -0.05) is 30.3 Å². The van der Waals surface area contributed by atoms with Gasteiger partial charge in [-0.3, -0.25) is 4.90 Å². The van der Waals surface area contributed by atoms with E-state index in [1.807, 2.05) is 24.3 Å². The number of nitrogens with zero attached hydrogens (tertiary/aromatic N) is 2. The van der Waals surface area contributed by atoms with Crippen molar-refractivity contribution < 1.29 is 19.2 Å². The molecule has 0 aliphatic carbocycles. The Hall–Kier alpha value is -2.84. The molecular formula is C24H28BN3O4. The summed E-state index contributed by atoms with van der Waals surface area (Å²) in [6, 6.07) is 14.1.